The average molecular weight is 475 g/mol. The Morgan fingerprint density at radius 3 is 2.67 bits per heavy atom. The zero-order valence-corrected chi connectivity index (χ0v) is 18.9. The highest BCUT2D eigenvalue weighted by Gasteiger charge is 2.29. The minimum Gasteiger partial charge on any atom is -0.495 e. The van der Waals surface area contributed by atoms with Crippen LogP contribution >= 0.6 is 15.9 Å². The van der Waals surface area contributed by atoms with Crippen LogP contribution in [0.3, 0.4) is 0 Å². The van der Waals surface area contributed by atoms with Crippen molar-refractivity contribution in [2.75, 3.05) is 64.2 Å². The second-order valence-electron chi connectivity index (χ2n) is 7.34. The first-order valence-corrected chi connectivity index (χ1v) is 10.8. The molecule has 3 heterocycles. The quantitative estimate of drug-likeness (QED) is 0.634. The van der Waals surface area contributed by atoms with Crippen molar-refractivity contribution >= 4 is 39.1 Å². The van der Waals surface area contributed by atoms with Gasteiger partial charge in [-0.05, 0) is 28.1 Å². The number of methoxy groups -OCH3 is 1. The van der Waals surface area contributed by atoms with E-state index < -0.39 is 0 Å². The highest BCUT2D eigenvalue weighted by atomic mass is 79.9. The number of nitrogens with zero attached hydrogens (tertiary/aromatic N) is 4. The van der Waals surface area contributed by atoms with Crippen molar-refractivity contribution in [2.24, 2.45) is 0 Å². The van der Waals surface area contributed by atoms with E-state index in [1.165, 1.54) is 0 Å². The maximum atomic E-state index is 5.62. The fraction of sp³-hybridized carbons (Fsp3) is 0.429. The molecular formula is C21H27BrN6O2. The first-order chi connectivity index (χ1) is 14.6. The Labute approximate surface area is 185 Å². The number of halogens is 1. The van der Waals surface area contributed by atoms with Gasteiger partial charge in [0.25, 0.3) is 0 Å². The lowest BCUT2D eigenvalue weighted by molar-refractivity contribution is -0.0733. The van der Waals surface area contributed by atoms with Crippen LogP contribution in [0, 0.1) is 0 Å². The number of piperazine rings is 1. The van der Waals surface area contributed by atoms with Crippen LogP contribution in [0.1, 0.15) is 5.56 Å². The van der Waals surface area contributed by atoms with Gasteiger partial charge in [-0.15, -0.1) is 0 Å². The molecule has 30 heavy (non-hydrogen) atoms. The van der Waals surface area contributed by atoms with Gasteiger partial charge in [0.1, 0.15) is 11.6 Å². The Morgan fingerprint density at radius 1 is 1.27 bits per heavy atom. The topological polar surface area (TPSA) is 74.8 Å². The van der Waals surface area contributed by atoms with Gasteiger partial charge in [0.15, 0.2) is 0 Å². The first kappa shape index (κ1) is 20.9. The molecule has 0 radical (unpaired) electrons. The second kappa shape index (κ2) is 9.20. The van der Waals surface area contributed by atoms with Crippen LogP contribution in [0.4, 0.5) is 17.5 Å². The van der Waals surface area contributed by atoms with Crippen molar-refractivity contribution in [1.29, 1.82) is 0 Å². The van der Waals surface area contributed by atoms with Gasteiger partial charge in [-0.2, -0.15) is 4.98 Å². The molecule has 1 aromatic carbocycles. The lowest BCUT2D eigenvalue weighted by Crippen LogP contribution is -2.56. The van der Waals surface area contributed by atoms with E-state index in [0.717, 1.165) is 66.6 Å². The number of aromatic nitrogens is 2. The van der Waals surface area contributed by atoms with Crippen molar-refractivity contribution < 1.29 is 9.47 Å². The lowest BCUT2D eigenvalue weighted by Gasteiger charge is -2.43. The number of ether oxygens (including phenoxy) is 2. The van der Waals surface area contributed by atoms with E-state index >= 15 is 0 Å². The molecular weight excluding hydrogens is 448 g/mol. The Bertz CT molecular complexity index is 912. The summed E-state index contributed by atoms with van der Waals surface area (Å²) in [5.41, 5.74) is 2.86. The zero-order chi connectivity index (χ0) is 21.1. The van der Waals surface area contributed by atoms with E-state index in [9.17, 15) is 0 Å². The monoisotopic (exact) mass is 474 g/mol. The third-order valence-corrected chi connectivity index (χ3v) is 6.18. The van der Waals surface area contributed by atoms with Crippen LogP contribution in [0.15, 0.2) is 35.4 Å². The summed E-state index contributed by atoms with van der Waals surface area (Å²) in [6, 6.07) is 6.63. The van der Waals surface area contributed by atoms with Crippen molar-refractivity contribution in [3.8, 4) is 5.75 Å². The van der Waals surface area contributed by atoms with Gasteiger partial charge in [-0.25, -0.2) is 4.98 Å². The zero-order valence-electron chi connectivity index (χ0n) is 17.3. The Balaban J connectivity index is 1.44. The van der Waals surface area contributed by atoms with E-state index in [-0.39, 0.29) is 0 Å². The molecule has 2 N–H and O–H groups in total. The third kappa shape index (κ3) is 4.38. The number of nitrogens with one attached hydrogen (secondary N) is 2. The maximum Gasteiger partial charge on any atom is 0.229 e. The summed E-state index contributed by atoms with van der Waals surface area (Å²) in [5, 5.41) is 6.26. The lowest BCUT2D eigenvalue weighted by atomic mass is 10.1. The molecule has 0 bridgehead atoms. The van der Waals surface area contributed by atoms with Crippen LogP contribution in [-0.2, 0) is 4.74 Å². The van der Waals surface area contributed by atoms with Gasteiger partial charge in [0, 0.05) is 50.7 Å². The predicted molar refractivity (Wildman–Crippen MR) is 122 cm³/mol. The van der Waals surface area contributed by atoms with Crippen molar-refractivity contribution in [1.82, 2.24) is 19.8 Å². The molecule has 1 aromatic heterocycles. The summed E-state index contributed by atoms with van der Waals surface area (Å²) in [5.74, 6) is 1.92. The predicted octanol–water partition coefficient (Wildman–Crippen LogP) is 3.02. The molecule has 0 amide bonds. The number of hydrogen-bond donors (Lipinski definition) is 2. The molecule has 160 valence electrons. The molecule has 0 spiro atoms. The fourth-order valence-corrected chi connectivity index (χ4v) is 4.06. The number of rotatable bonds is 7. The van der Waals surface area contributed by atoms with Crippen LogP contribution < -0.4 is 15.4 Å². The fourth-order valence-electron chi connectivity index (χ4n) is 3.67. The first-order valence-electron chi connectivity index (χ1n) is 10.0. The molecule has 2 fully saturated rings. The van der Waals surface area contributed by atoms with Crippen LogP contribution in [-0.4, -0.2) is 79.4 Å². The number of anilines is 3. The highest BCUT2D eigenvalue weighted by Crippen LogP contribution is 2.32. The molecule has 2 aliphatic heterocycles. The van der Waals surface area contributed by atoms with Gasteiger partial charge < -0.3 is 25.0 Å². The molecule has 8 nitrogen and oxygen atoms in total. The van der Waals surface area contributed by atoms with E-state index in [2.05, 4.69) is 59.0 Å². The minimum absolute atomic E-state index is 0.489. The normalized spacial score (nSPS) is 17.4. The highest BCUT2D eigenvalue weighted by molar-refractivity contribution is 9.10. The van der Waals surface area contributed by atoms with Crippen LogP contribution in [0.2, 0.25) is 0 Å². The van der Waals surface area contributed by atoms with Crippen LogP contribution in [0.25, 0.3) is 5.70 Å². The van der Waals surface area contributed by atoms with Gasteiger partial charge in [0.2, 0.25) is 5.95 Å². The maximum absolute atomic E-state index is 5.62. The molecule has 0 aliphatic carbocycles. The van der Waals surface area contributed by atoms with Gasteiger partial charge in [0.05, 0.1) is 36.5 Å². The summed E-state index contributed by atoms with van der Waals surface area (Å²) in [6.45, 7) is 10.1. The smallest absolute Gasteiger partial charge is 0.229 e. The van der Waals surface area contributed by atoms with Gasteiger partial charge in [-0.3, -0.25) is 4.90 Å². The number of hydrogen-bond acceptors (Lipinski definition) is 8. The summed E-state index contributed by atoms with van der Waals surface area (Å²) in [4.78, 5) is 13.6. The van der Waals surface area contributed by atoms with Crippen LogP contribution in [0.5, 0.6) is 5.75 Å². The molecule has 0 unspecified atom stereocenters. The molecule has 4 rings (SSSR count). The summed E-state index contributed by atoms with van der Waals surface area (Å²) in [7, 11) is 3.48. The largest absolute Gasteiger partial charge is 0.495 e. The Hall–Kier alpha value is -2.36. The van der Waals surface area contributed by atoms with Gasteiger partial charge in [-0.1, -0.05) is 12.6 Å². The molecule has 2 aromatic rings. The standard InChI is InChI=1S/C21H27BrN6O2/c1-14(27-6-8-28(9-7-27)16-12-30-13-16)15-4-5-18(19(10-15)29-3)25-21-24-11-17(22)20(23-2)26-21/h4-5,10-11,16H,1,6-9,12-13H2,2-3H3,(H2,23,24,25,26). The molecule has 0 saturated carbocycles. The Kier molecular flexibility index (Phi) is 6.40. The average Bonchev–Trinajstić information content (AvgIpc) is 2.74. The summed E-state index contributed by atoms with van der Waals surface area (Å²) in [6.07, 6.45) is 1.71. The van der Waals surface area contributed by atoms with E-state index in [4.69, 9.17) is 9.47 Å². The van der Waals surface area contributed by atoms with E-state index in [1.54, 1.807) is 13.3 Å². The van der Waals surface area contributed by atoms with Crippen molar-refractivity contribution in [2.45, 2.75) is 6.04 Å². The van der Waals surface area contributed by atoms with Gasteiger partial charge >= 0.3 is 0 Å². The molecule has 2 saturated heterocycles. The van der Waals surface area contributed by atoms with Crippen molar-refractivity contribution in [3.63, 3.8) is 0 Å². The summed E-state index contributed by atoms with van der Waals surface area (Å²) >= 11 is 3.42. The molecule has 9 heteroatoms. The van der Waals surface area contributed by atoms with E-state index in [0.29, 0.717) is 17.8 Å². The summed E-state index contributed by atoms with van der Waals surface area (Å²) < 4.78 is 11.7. The van der Waals surface area contributed by atoms with Crippen molar-refractivity contribution in [3.05, 3.63) is 41.0 Å². The second-order valence-corrected chi connectivity index (χ2v) is 8.20. The SMILES string of the molecule is C=C(c1ccc(Nc2ncc(Br)c(NC)n2)c(OC)c1)N1CCN(C2COC2)CC1. The molecule has 0 atom stereocenters. The Morgan fingerprint density at radius 2 is 2.03 bits per heavy atom. The molecule has 2 aliphatic rings. The third-order valence-electron chi connectivity index (χ3n) is 5.59. The number of benzene rings is 1. The minimum atomic E-state index is 0.489. The van der Waals surface area contributed by atoms with E-state index in [1.807, 2.05) is 19.2 Å².